The Hall–Kier alpha value is -1.48. The number of anilines is 1. The van der Waals surface area contributed by atoms with E-state index in [9.17, 15) is 15.0 Å². The Labute approximate surface area is 96.1 Å². The minimum absolute atomic E-state index is 0.0227. The molecule has 94 valence electrons. The van der Waals surface area contributed by atoms with Gasteiger partial charge in [0, 0.05) is 6.20 Å². The van der Waals surface area contributed by atoms with Crippen molar-refractivity contribution in [3.05, 3.63) is 22.1 Å². The molecule has 4 atom stereocenters. The third-order valence-corrected chi connectivity index (χ3v) is 2.88. The van der Waals surface area contributed by atoms with Gasteiger partial charge in [0.05, 0.1) is 30.4 Å². The van der Waals surface area contributed by atoms with Gasteiger partial charge in [-0.1, -0.05) is 0 Å². The molecule has 0 saturated carbocycles. The number of nitrogens with zero attached hydrogens (tertiary/aromatic N) is 1. The Kier molecular flexibility index (Phi) is 3.11. The molecule has 0 amide bonds. The average molecular weight is 242 g/mol. The van der Waals surface area contributed by atoms with Crippen LogP contribution in [-0.2, 0) is 0 Å². The van der Waals surface area contributed by atoms with E-state index in [0.29, 0.717) is 0 Å². The predicted octanol–water partition coefficient (Wildman–Crippen LogP) is -2.92. The standard InChI is InChI=1S/C9H14N4O4/c10-9-11-1-3(8(17)13-9)5-7(16)6(15)4(2-14)12-5/h1,4-7,12,14-16H,2H2,(H3,10,11,13,17)/t4-,5+,6-,7+/m1/s1. The Morgan fingerprint density at radius 3 is 2.65 bits per heavy atom. The predicted molar refractivity (Wildman–Crippen MR) is 58.0 cm³/mol. The number of H-pyrrole nitrogens is 1. The number of nitrogens with one attached hydrogen (secondary N) is 2. The summed E-state index contributed by atoms with van der Waals surface area (Å²) in [6.45, 7) is -0.338. The quantitative estimate of drug-likeness (QED) is 0.326. The summed E-state index contributed by atoms with van der Waals surface area (Å²) in [7, 11) is 0. The number of hydrogen-bond donors (Lipinski definition) is 6. The summed E-state index contributed by atoms with van der Waals surface area (Å²) in [5.41, 5.74) is 4.98. The van der Waals surface area contributed by atoms with Crippen LogP contribution < -0.4 is 16.6 Å². The number of aromatic amines is 1. The highest BCUT2D eigenvalue weighted by Gasteiger charge is 2.42. The highest BCUT2D eigenvalue weighted by molar-refractivity contribution is 5.23. The van der Waals surface area contributed by atoms with Crippen molar-refractivity contribution in [1.29, 1.82) is 0 Å². The summed E-state index contributed by atoms with van der Waals surface area (Å²) in [4.78, 5) is 17.6. The van der Waals surface area contributed by atoms with E-state index < -0.39 is 29.9 Å². The molecule has 8 heteroatoms. The maximum Gasteiger partial charge on any atom is 0.257 e. The molecule has 1 aromatic rings. The van der Waals surface area contributed by atoms with Gasteiger partial charge in [-0.05, 0) is 0 Å². The third-order valence-electron chi connectivity index (χ3n) is 2.88. The summed E-state index contributed by atoms with van der Waals surface area (Å²) in [6, 6.07) is -1.45. The molecule has 7 N–H and O–H groups in total. The highest BCUT2D eigenvalue weighted by atomic mass is 16.3. The lowest BCUT2D eigenvalue weighted by Gasteiger charge is -2.14. The molecule has 0 bridgehead atoms. The molecule has 0 radical (unpaired) electrons. The molecular formula is C9H14N4O4. The Morgan fingerprint density at radius 2 is 2.12 bits per heavy atom. The van der Waals surface area contributed by atoms with E-state index in [4.69, 9.17) is 10.8 Å². The summed E-state index contributed by atoms with van der Waals surface area (Å²) in [5.74, 6) is -0.0227. The highest BCUT2D eigenvalue weighted by Crippen LogP contribution is 2.25. The molecule has 0 aromatic carbocycles. The second-order valence-corrected chi connectivity index (χ2v) is 3.97. The van der Waals surface area contributed by atoms with E-state index >= 15 is 0 Å². The second kappa shape index (κ2) is 4.41. The van der Waals surface area contributed by atoms with Crippen LogP contribution in [0.15, 0.2) is 11.0 Å². The lowest BCUT2D eigenvalue weighted by molar-refractivity contribution is 0.0193. The lowest BCUT2D eigenvalue weighted by atomic mass is 10.0. The third kappa shape index (κ3) is 2.03. The zero-order chi connectivity index (χ0) is 12.6. The van der Waals surface area contributed by atoms with E-state index in [-0.39, 0.29) is 18.1 Å². The van der Waals surface area contributed by atoms with Crippen LogP contribution in [0.25, 0.3) is 0 Å². The Bertz CT molecular complexity index is 463. The zero-order valence-electron chi connectivity index (χ0n) is 8.87. The fraction of sp³-hybridized carbons (Fsp3) is 0.556. The fourth-order valence-corrected chi connectivity index (χ4v) is 1.94. The largest absolute Gasteiger partial charge is 0.395 e. The molecular weight excluding hydrogens is 228 g/mol. The molecule has 1 aromatic heterocycles. The minimum Gasteiger partial charge on any atom is -0.395 e. The Balaban J connectivity index is 2.32. The van der Waals surface area contributed by atoms with E-state index in [1.807, 2.05) is 0 Å². The van der Waals surface area contributed by atoms with Crippen LogP contribution in [-0.4, -0.2) is 50.1 Å². The molecule has 0 aliphatic carbocycles. The van der Waals surface area contributed by atoms with Crippen molar-refractivity contribution in [2.24, 2.45) is 0 Å². The van der Waals surface area contributed by atoms with Crippen molar-refractivity contribution in [3.63, 3.8) is 0 Å². The van der Waals surface area contributed by atoms with Crippen LogP contribution >= 0.6 is 0 Å². The first-order chi connectivity index (χ1) is 8.04. The minimum atomic E-state index is -1.18. The fourth-order valence-electron chi connectivity index (χ4n) is 1.94. The van der Waals surface area contributed by atoms with Crippen molar-refractivity contribution >= 4 is 5.95 Å². The molecule has 17 heavy (non-hydrogen) atoms. The van der Waals surface area contributed by atoms with Crippen molar-refractivity contribution in [1.82, 2.24) is 15.3 Å². The van der Waals surface area contributed by atoms with Gasteiger partial charge in [-0.2, -0.15) is 0 Å². The van der Waals surface area contributed by atoms with Crippen LogP contribution in [0.1, 0.15) is 11.6 Å². The topological polar surface area (TPSA) is 144 Å². The molecule has 1 fully saturated rings. The van der Waals surface area contributed by atoms with Gasteiger partial charge in [-0.15, -0.1) is 0 Å². The smallest absolute Gasteiger partial charge is 0.257 e. The Morgan fingerprint density at radius 1 is 1.41 bits per heavy atom. The van der Waals surface area contributed by atoms with E-state index in [0.717, 1.165) is 0 Å². The number of aromatic nitrogens is 2. The van der Waals surface area contributed by atoms with Crippen molar-refractivity contribution < 1.29 is 15.3 Å². The molecule has 2 heterocycles. The van der Waals surface area contributed by atoms with E-state index in [1.54, 1.807) is 0 Å². The maximum atomic E-state index is 11.6. The monoisotopic (exact) mass is 242 g/mol. The number of aliphatic hydroxyl groups is 3. The number of nitrogens with two attached hydrogens (primary N) is 1. The number of rotatable bonds is 2. The molecule has 8 nitrogen and oxygen atoms in total. The van der Waals surface area contributed by atoms with Gasteiger partial charge < -0.3 is 21.1 Å². The van der Waals surface area contributed by atoms with Crippen molar-refractivity contribution in [2.45, 2.75) is 24.3 Å². The SMILES string of the molecule is Nc1ncc([C@@H]2N[C@H](CO)[C@@H](O)[C@H]2O)c(=O)[nH]1. The first kappa shape index (κ1) is 12.0. The van der Waals surface area contributed by atoms with Gasteiger partial charge >= 0.3 is 0 Å². The van der Waals surface area contributed by atoms with Crippen LogP contribution in [0.3, 0.4) is 0 Å². The van der Waals surface area contributed by atoms with Crippen molar-refractivity contribution in [3.8, 4) is 0 Å². The number of hydrogen-bond acceptors (Lipinski definition) is 7. The normalized spacial score (nSPS) is 32.9. The van der Waals surface area contributed by atoms with Crippen LogP contribution in [0.5, 0.6) is 0 Å². The summed E-state index contributed by atoms with van der Waals surface area (Å²) >= 11 is 0. The molecule has 2 rings (SSSR count). The maximum absolute atomic E-state index is 11.6. The molecule has 1 saturated heterocycles. The van der Waals surface area contributed by atoms with Gasteiger partial charge in [0.15, 0.2) is 5.95 Å². The number of nitrogen functional groups attached to an aromatic ring is 1. The van der Waals surface area contributed by atoms with Crippen LogP contribution in [0, 0.1) is 0 Å². The van der Waals surface area contributed by atoms with Gasteiger partial charge in [-0.3, -0.25) is 15.1 Å². The first-order valence-corrected chi connectivity index (χ1v) is 5.12. The van der Waals surface area contributed by atoms with E-state index in [1.165, 1.54) is 6.20 Å². The number of aliphatic hydroxyl groups excluding tert-OH is 3. The summed E-state index contributed by atoms with van der Waals surface area (Å²) in [6.07, 6.45) is -1.08. The van der Waals surface area contributed by atoms with Gasteiger partial charge in [-0.25, -0.2) is 4.98 Å². The first-order valence-electron chi connectivity index (χ1n) is 5.12. The molecule has 0 spiro atoms. The molecule has 1 aliphatic rings. The van der Waals surface area contributed by atoms with Crippen LogP contribution in [0.2, 0.25) is 0 Å². The van der Waals surface area contributed by atoms with Gasteiger partial charge in [0.2, 0.25) is 0 Å². The van der Waals surface area contributed by atoms with Gasteiger partial charge in [0.1, 0.15) is 6.10 Å². The van der Waals surface area contributed by atoms with Gasteiger partial charge in [0.25, 0.3) is 5.56 Å². The van der Waals surface area contributed by atoms with Crippen LogP contribution in [0.4, 0.5) is 5.95 Å². The summed E-state index contributed by atoms with van der Waals surface area (Å²) < 4.78 is 0. The molecule has 1 aliphatic heterocycles. The summed E-state index contributed by atoms with van der Waals surface area (Å²) in [5, 5.41) is 31.1. The average Bonchev–Trinajstić information content (AvgIpc) is 2.57. The molecule has 0 unspecified atom stereocenters. The second-order valence-electron chi connectivity index (χ2n) is 3.97. The lowest BCUT2D eigenvalue weighted by Crippen LogP contribution is -2.36. The van der Waals surface area contributed by atoms with E-state index in [2.05, 4.69) is 15.3 Å². The zero-order valence-corrected chi connectivity index (χ0v) is 8.87. The van der Waals surface area contributed by atoms with Crippen molar-refractivity contribution in [2.75, 3.05) is 12.3 Å².